The number of thioether (sulfide) groups is 1. The number of alkyl halides is 1. The number of rotatable bonds is 7. The summed E-state index contributed by atoms with van der Waals surface area (Å²) in [5.74, 6) is 1.68. The van der Waals surface area contributed by atoms with Gasteiger partial charge in [0.15, 0.2) is 0 Å². The standard InChI is InChI=1S/C13H20FNOS/c1-3-10-4-11(9-17-2)6-13(5-10)16-8-12(14)7-15/h4-6,12H,3,7-9,15H2,1-2H3/t12-/m1/s1. The first-order chi connectivity index (χ1) is 8.19. The van der Waals surface area contributed by atoms with Crippen LogP contribution in [0.15, 0.2) is 18.2 Å². The Morgan fingerprint density at radius 1 is 1.35 bits per heavy atom. The Kier molecular flexibility index (Phi) is 6.37. The molecule has 0 bridgehead atoms. The number of hydrogen-bond acceptors (Lipinski definition) is 3. The summed E-state index contributed by atoms with van der Waals surface area (Å²) >= 11 is 1.76. The summed E-state index contributed by atoms with van der Waals surface area (Å²) in [6.45, 7) is 2.13. The molecule has 1 atom stereocenters. The molecular formula is C13H20FNOS. The van der Waals surface area contributed by atoms with Crippen LogP contribution in [0.1, 0.15) is 18.1 Å². The van der Waals surface area contributed by atoms with Gasteiger partial charge >= 0.3 is 0 Å². The van der Waals surface area contributed by atoms with Crippen molar-refractivity contribution in [2.75, 3.05) is 19.4 Å². The van der Waals surface area contributed by atoms with E-state index in [-0.39, 0.29) is 13.2 Å². The largest absolute Gasteiger partial charge is 0.490 e. The molecule has 96 valence electrons. The van der Waals surface area contributed by atoms with E-state index in [0.717, 1.165) is 17.9 Å². The molecule has 1 rings (SSSR count). The van der Waals surface area contributed by atoms with Crippen molar-refractivity contribution >= 4 is 11.8 Å². The SMILES string of the molecule is CCc1cc(CSC)cc(OC[C@H](F)CN)c1. The van der Waals surface area contributed by atoms with Crippen LogP contribution in [0.3, 0.4) is 0 Å². The normalized spacial score (nSPS) is 12.5. The lowest BCUT2D eigenvalue weighted by Gasteiger charge is -2.11. The first-order valence-electron chi connectivity index (χ1n) is 5.78. The number of hydrogen-bond donors (Lipinski definition) is 1. The molecule has 0 fully saturated rings. The maximum atomic E-state index is 13.0. The Balaban J connectivity index is 2.72. The van der Waals surface area contributed by atoms with Gasteiger partial charge in [0, 0.05) is 12.3 Å². The summed E-state index contributed by atoms with van der Waals surface area (Å²) < 4.78 is 18.4. The zero-order valence-corrected chi connectivity index (χ0v) is 11.2. The van der Waals surface area contributed by atoms with Crippen LogP contribution in [0.4, 0.5) is 4.39 Å². The zero-order chi connectivity index (χ0) is 12.7. The van der Waals surface area contributed by atoms with E-state index in [9.17, 15) is 4.39 Å². The van der Waals surface area contributed by atoms with Gasteiger partial charge in [0.25, 0.3) is 0 Å². The van der Waals surface area contributed by atoms with E-state index in [2.05, 4.69) is 19.2 Å². The maximum Gasteiger partial charge on any atom is 0.146 e. The Morgan fingerprint density at radius 2 is 2.06 bits per heavy atom. The highest BCUT2D eigenvalue weighted by Crippen LogP contribution is 2.21. The molecule has 0 saturated heterocycles. The molecular weight excluding hydrogens is 237 g/mol. The maximum absolute atomic E-state index is 13.0. The van der Waals surface area contributed by atoms with Gasteiger partial charge in [-0.3, -0.25) is 0 Å². The molecule has 2 N–H and O–H groups in total. The Bertz CT molecular complexity index is 346. The summed E-state index contributed by atoms with van der Waals surface area (Å²) in [5, 5.41) is 0. The van der Waals surface area contributed by atoms with E-state index in [1.807, 2.05) is 12.1 Å². The van der Waals surface area contributed by atoms with Crippen LogP contribution in [0.2, 0.25) is 0 Å². The highest BCUT2D eigenvalue weighted by molar-refractivity contribution is 7.97. The molecule has 0 amide bonds. The highest BCUT2D eigenvalue weighted by atomic mass is 32.2. The van der Waals surface area contributed by atoms with E-state index < -0.39 is 6.17 Å². The summed E-state index contributed by atoms with van der Waals surface area (Å²) in [4.78, 5) is 0. The third-order valence-corrected chi connectivity index (χ3v) is 3.05. The average Bonchev–Trinajstić information content (AvgIpc) is 2.36. The summed E-state index contributed by atoms with van der Waals surface area (Å²) in [6, 6.07) is 6.10. The second-order valence-corrected chi connectivity index (χ2v) is 4.78. The number of nitrogens with two attached hydrogens (primary N) is 1. The summed E-state index contributed by atoms with van der Waals surface area (Å²) in [7, 11) is 0. The van der Waals surface area contributed by atoms with E-state index in [0.29, 0.717) is 0 Å². The molecule has 0 aliphatic heterocycles. The first-order valence-corrected chi connectivity index (χ1v) is 7.17. The van der Waals surface area contributed by atoms with E-state index in [1.165, 1.54) is 11.1 Å². The van der Waals surface area contributed by atoms with Crippen molar-refractivity contribution in [3.05, 3.63) is 29.3 Å². The van der Waals surface area contributed by atoms with Crippen LogP contribution in [-0.2, 0) is 12.2 Å². The minimum absolute atomic E-state index is 0.00510. The third kappa shape index (κ3) is 4.96. The first kappa shape index (κ1) is 14.3. The van der Waals surface area contributed by atoms with E-state index >= 15 is 0 Å². The molecule has 1 aromatic rings. The predicted molar refractivity (Wildman–Crippen MR) is 72.5 cm³/mol. The lowest BCUT2D eigenvalue weighted by atomic mass is 10.1. The minimum Gasteiger partial charge on any atom is -0.490 e. The molecule has 0 aromatic heterocycles. The van der Waals surface area contributed by atoms with Crippen molar-refractivity contribution in [2.45, 2.75) is 25.3 Å². The molecule has 1 aromatic carbocycles. The van der Waals surface area contributed by atoms with Crippen molar-refractivity contribution in [3.63, 3.8) is 0 Å². The third-order valence-electron chi connectivity index (χ3n) is 2.43. The Hall–Kier alpha value is -0.740. The van der Waals surface area contributed by atoms with Gasteiger partial charge in [-0.2, -0.15) is 11.8 Å². The van der Waals surface area contributed by atoms with Crippen LogP contribution in [0, 0.1) is 0 Å². The van der Waals surface area contributed by atoms with Crippen LogP contribution >= 0.6 is 11.8 Å². The molecule has 0 unspecified atom stereocenters. The van der Waals surface area contributed by atoms with Crippen LogP contribution in [-0.4, -0.2) is 25.6 Å². The number of aryl methyl sites for hydroxylation is 1. The molecule has 0 spiro atoms. The fourth-order valence-corrected chi connectivity index (χ4v) is 2.02. The average molecular weight is 257 g/mol. The minimum atomic E-state index is -1.09. The lowest BCUT2D eigenvalue weighted by Crippen LogP contribution is -2.22. The van der Waals surface area contributed by atoms with Gasteiger partial charge in [-0.05, 0) is 35.9 Å². The molecule has 4 heteroatoms. The van der Waals surface area contributed by atoms with E-state index in [1.54, 1.807) is 11.8 Å². The van der Waals surface area contributed by atoms with E-state index in [4.69, 9.17) is 10.5 Å². The van der Waals surface area contributed by atoms with Gasteiger partial charge in [-0.25, -0.2) is 4.39 Å². The summed E-state index contributed by atoms with van der Waals surface area (Å²) in [6.07, 6.45) is 1.92. The molecule has 0 aliphatic rings. The fourth-order valence-electron chi connectivity index (χ4n) is 1.52. The van der Waals surface area contributed by atoms with Crippen molar-refractivity contribution in [2.24, 2.45) is 5.73 Å². The molecule has 2 nitrogen and oxygen atoms in total. The van der Waals surface area contributed by atoms with Gasteiger partial charge in [0.2, 0.25) is 0 Å². The predicted octanol–water partition coefficient (Wildman–Crippen LogP) is 2.79. The Morgan fingerprint density at radius 3 is 2.65 bits per heavy atom. The smallest absolute Gasteiger partial charge is 0.146 e. The second kappa shape index (κ2) is 7.56. The lowest BCUT2D eigenvalue weighted by molar-refractivity contribution is 0.201. The molecule has 0 radical (unpaired) electrons. The molecule has 0 saturated carbocycles. The van der Waals surface area contributed by atoms with Crippen LogP contribution in [0.25, 0.3) is 0 Å². The number of halogens is 1. The van der Waals surface area contributed by atoms with Crippen molar-refractivity contribution in [3.8, 4) is 5.75 Å². The summed E-state index contributed by atoms with van der Waals surface area (Å²) in [5.41, 5.74) is 7.65. The number of ether oxygens (including phenoxy) is 1. The zero-order valence-electron chi connectivity index (χ0n) is 10.4. The van der Waals surface area contributed by atoms with Crippen LogP contribution in [0.5, 0.6) is 5.75 Å². The van der Waals surface area contributed by atoms with Crippen LogP contribution < -0.4 is 10.5 Å². The molecule has 17 heavy (non-hydrogen) atoms. The van der Waals surface area contributed by atoms with Crippen molar-refractivity contribution in [1.82, 2.24) is 0 Å². The molecule has 0 heterocycles. The van der Waals surface area contributed by atoms with Gasteiger partial charge in [-0.15, -0.1) is 0 Å². The fraction of sp³-hybridized carbons (Fsp3) is 0.538. The van der Waals surface area contributed by atoms with Gasteiger partial charge < -0.3 is 10.5 Å². The second-order valence-electron chi connectivity index (χ2n) is 3.92. The monoisotopic (exact) mass is 257 g/mol. The Labute approximate surface area is 107 Å². The van der Waals surface area contributed by atoms with Gasteiger partial charge in [0.05, 0.1) is 0 Å². The van der Waals surface area contributed by atoms with Crippen molar-refractivity contribution < 1.29 is 9.13 Å². The van der Waals surface area contributed by atoms with Gasteiger partial charge in [-0.1, -0.05) is 13.0 Å². The van der Waals surface area contributed by atoms with Gasteiger partial charge in [0.1, 0.15) is 18.5 Å². The van der Waals surface area contributed by atoms with Crippen molar-refractivity contribution in [1.29, 1.82) is 0 Å². The molecule has 0 aliphatic carbocycles. The highest BCUT2D eigenvalue weighted by Gasteiger charge is 2.06. The number of benzene rings is 1. The topological polar surface area (TPSA) is 35.2 Å². The quantitative estimate of drug-likeness (QED) is 0.816.